The van der Waals surface area contributed by atoms with Crippen LogP contribution in [0.15, 0.2) is 18.3 Å². The van der Waals surface area contributed by atoms with Crippen molar-refractivity contribution in [2.45, 2.75) is 45.6 Å². The Morgan fingerprint density at radius 2 is 2.37 bits per heavy atom. The van der Waals surface area contributed by atoms with Crippen LogP contribution in [-0.4, -0.2) is 23.6 Å². The number of rotatable bonds is 4. The summed E-state index contributed by atoms with van der Waals surface area (Å²) >= 11 is 0. The van der Waals surface area contributed by atoms with Gasteiger partial charge in [-0.25, -0.2) is 4.98 Å². The van der Waals surface area contributed by atoms with Crippen molar-refractivity contribution < 1.29 is 9.53 Å². The first-order valence-electron chi connectivity index (χ1n) is 6.98. The number of pyridine rings is 1. The molecule has 1 saturated carbocycles. The van der Waals surface area contributed by atoms with Crippen molar-refractivity contribution in [3.8, 4) is 0 Å². The number of aryl methyl sites for hydroxylation is 1. The van der Waals surface area contributed by atoms with Gasteiger partial charge in [-0.1, -0.05) is 25.8 Å². The summed E-state index contributed by atoms with van der Waals surface area (Å²) < 4.78 is 5.69. The Hall–Kier alpha value is -1.42. The number of anilines is 1. The zero-order valence-corrected chi connectivity index (χ0v) is 11.7. The molecule has 1 fully saturated rings. The number of carbonyl (C=O) groups is 1. The Morgan fingerprint density at radius 1 is 1.53 bits per heavy atom. The van der Waals surface area contributed by atoms with Crippen molar-refractivity contribution in [3.63, 3.8) is 0 Å². The second-order valence-electron chi connectivity index (χ2n) is 5.42. The average Bonchev–Trinajstić information content (AvgIpc) is 2.39. The molecule has 0 radical (unpaired) electrons. The maximum Gasteiger partial charge on any atom is 0.251 e. The number of amides is 1. The zero-order chi connectivity index (χ0) is 13.7. The molecule has 0 saturated heterocycles. The predicted molar refractivity (Wildman–Crippen MR) is 75.0 cm³/mol. The van der Waals surface area contributed by atoms with Gasteiger partial charge in [-0.05, 0) is 37.3 Å². The fraction of sp³-hybridized carbons (Fsp3) is 0.600. The summed E-state index contributed by atoms with van der Waals surface area (Å²) in [5.41, 5.74) is 0.960. The first-order valence-corrected chi connectivity index (χ1v) is 6.98. The molecule has 0 bridgehead atoms. The van der Waals surface area contributed by atoms with Crippen LogP contribution in [0.25, 0.3) is 0 Å². The summed E-state index contributed by atoms with van der Waals surface area (Å²) in [6, 6.07) is 3.77. The molecule has 2 rings (SSSR count). The molecular formula is C15H22N2O2. The summed E-state index contributed by atoms with van der Waals surface area (Å²) in [7, 11) is 0. The van der Waals surface area contributed by atoms with Crippen LogP contribution >= 0.6 is 0 Å². The fourth-order valence-electron chi connectivity index (χ4n) is 2.51. The zero-order valence-electron chi connectivity index (χ0n) is 11.7. The highest BCUT2D eigenvalue weighted by molar-refractivity contribution is 5.91. The van der Waals surface area contributed by atoms with E-state index in [9.17, 15) is 4.79 Å². The molecule has 0 aliphatic heterocycles. The van der Waals surface area contributed by atoms with Crippen molar-refractivity contribution in [3.05, 3.63) is 23.9 Å². The smallest absolute Gasteiger partial charge is 0.251 e. The van der Waals surface area contributed by atoms with E-state index < -0.39 is 0 Å². The molecule has 0 aromatic carbocycles. The Bertz CT molecular complexity index is 434. The van der Waals surface area contributed by atoms with E-state index in [4.69, 9.17) is 4.74 Å². The van der Waals surface area contributed by atoms with Crippen molar-refractivity contribution in [1.82, 2.24) is 4.98 Å². The van der Waals surface area contributed by atoms with E-state index in [1.807, 2.05) is 19.1 Å². The molecule has 104 valence electrons. The maximum absolute atomic E-state index is 11.8. The van der Waals surface area contributed by atoms with Gasteiger partial charge in [-0.15, -0.1) is 0 Å². The number of hydrogen-bond donors (Lipinski definition) is 1. The Balaban J connectivity index is 1.77. The lowest BCUT2D eigenvalue weighted by Gasteiger charge is -2.26. The standard InChI is InChI=1S/C15H22N2O2/c1-11-5-3-7-13(9-11)19-10-14(18)17-15-12(2)6-4-8-16-15/h4,6,8,11,13H,3,5,7,9-10H2,1-2H3,(H,16,17,18)/t11-,13+/m0/s1. The van der Waals surface area contributed by atoms with E-state index >= 15 is 0 Å². The summed E-state index contributed by atoms with van der Waals surface area (Å²) in [6.07, 6.45) is 6.52. The van der Waals surface area contributed by atoms with Crippen molar-refractivity contribution in [1.29, 1.82) is 0 Å². The molecule has 4 heteroatoms. The van der Waals surface area contributed by atoms with Gasteiger partial charge in [-0.2, -0.15) is 0 Å². The van der Waals surface area contributed by atoms with Crippen LogP contribution < -0.4 is 5.32 Å². The second-order valence-corrected chi connectivity index (χ2v) is 5.42. The molecule has 1 aromatic heterocycles. The van der Waals surface area contributed by atoms with Crippen LogP contribution in [0.4, 0.5) is 5.82 Å². The molecule has 19 heavy (non-hydrogen) atoms. The minimum Gasteiger partial charge on any atom is -0.368 e. The van der Waals surface area contributed by atoms with Crippen LogP contribution in [0, 0.1) is 12.8 Å². The number of ether oxygens (including phenoxy) is 1. The molecular weight excluding hydrogens is 240 g/mol. The minimum atomic E-state index is -0.125. The van der Waals surface area contributed by atoms with Gasteiger partial charge in [0, 0.05) is 6.20 Å². The molecule has 1 aromatic rings. The molecule has 1 N–H and O–H groups in total. The minimum absolute atomic E-state index is 0.118. The fourth-order valence-corrected chi connectivity index (χ4v) is 2.51. The van der Waals surface area contributed by atoms with Gasteiger partial charge in [0.25, 0.3) is 5.91 Å². The van der Waals surface area contributed by atoms with Gasteiger partial charge in [0.15, 0.2) is 0 Å². The van der Waals surface area contributed by atoms with E-state index in [-0.39, 0.29) is 18.6 Å². The monoisotopic (exact) mass is 262 g/mol. The highest BCUT2D eigenvalue weighted by Crippen LogP contribution is 2.25. The number of carbonyl (C=O) groups excluding carboxylic acids is 1. The lowest BCUT2D eigenvalue weighted by atomic mass is 9.89. The van der Waals surface area contributed by atoms with E-state index in [1.54, 1.807) is 6.20 Å². The summed E-state index contributed by atoms with van der Waals surface area (Å²) in [5.74, 6) is 1.20. The van der Waals surface area contributed by atoms with Crippen molar-refractivity contribution in [2.75, 3.05) is 11.9 Å². The molecule has 1 heterocycles. The van der Waals surface area contributed by atoms with Crippen LogP contribution in [0.5, 0.6) is 0 Å². The van der Waals surface area contributed by atoms with Crippen LogP contribution in [-0.2, 0) is 9.53 Å². The van der Waals surface area contributed by atoms with Crippen molar-refractivity contribution >= 4 is 11.7 Å². The quantitative estimate of drug-likeness (QED) is 0.907. The molecule has 1 amide bonds. The SMILES string of the molecule is Cc1cccnc1NC(=O)CO[C@@H]1CCC[C@H](C)C1. The highest BCUT2D eigenvalue weighted by atomic mass is 16.5. The molecule has 0 unspecified atom stereocenters. The topological polar surface area (TPSA) is 51.2 Å². The van der Waals surface area contributed by atoms with Gasteiger partial charge < -0.3 is 10.1 Å². The van der Waals surface area contributed by atoms with Gasteiger partial charge >= 0.3 is 0 Å². The highest BCUT2D eigenvalue weighted by Gasteiger charge is 2.20. The first kappa shape index (κ1) is 14.0. The number of nitrogens with one attached hydrogen (secondary N) is 1. The van der Waals surface area contributed by atoms with Gasteiger partial charge in [0.2, 0.25) is 0 Å². The third-order valence-corrected chi connectivity index (χ3v) is 3.61. The van der Waals surface area contributed by atoms with Crippen LogP contribution in [0.1, 0.15) is 38.2 Å². The number of nitrogens with zero attached hydrogens (tertiary/aromatic N) is 1. The summed E-state index contributed by atoms with van der Waals surface area (Å²) in [5, 5.41) is 2.79. The van der Waals surface area contributed by atoms with Crippen LogP contribution in [0.2, 0.25) is 0 Å². The van der Waals surface area contributed by atoms with Crippen molar-refractivity contribution in [2.24, 2.45) is 5.92 Å². The largest absolute Gasteiger partial charge is 0.368 e. The lowest BCUT2D eigenvalue weighted by molar-refractivity contribution is -0.123. The van der Waals surface area contributed by atoms with Gasteiger partial charge in [-0.3, -0.25) is 4.79 Å². The first-order chi connectivity index (χ1) is 9.15. The Labute approximate surface area is 114 Å². The third kappa shape index (κ3) is 4.31. The average molecular weight is 262 g/mol. The molecule has 0 spiro atoms. The predicted octanol–water partition coefficient (Wildman–Crippen LogP) is 2.92. The lowest BCUT2D eigenvalue weighted by Crippen LogP contribution is -2.27. The van der Waals surface area contributed by atoms with E-state index in [0.717, 1.165) is 18.4 Å². The van der Waals surface area contributed by atoms with Gasteiger partial charge in [0.1, 0.15) is 12.4 Å². The maximum atomic E-state index is 11.8. The van der Waals surface area contributed by atoms with Crippen LogP contribution in [0.3, 0.4) is 0 Å². The summed E-state index contributed by atoms with van der Waals surface area (Å²) in [6.45, 7) is 4.28. The second kappa shape index (κ2) is 6.66. The van der Waals surface area contributed by atoms with E-state index in [1.165, 1.54) is 12.8 Å². The molecule has 1 aliphatic carbocycles. The molecule has 2 atom stereocenters. The Kier molecular flexibility index (Phi) is 4.91. The van der Waals surface area contributed by atoms with Gasteiger partial charge in [0.05, 0.1) is 6.10 Å². The normalized spacial score (nSPS) is 23.1. The number of aromatic nitrogens is 1. The van der Waals surface area contributed by atoms with E-state index in [2.05, 4.69) is 17.2 Å². The number of hydrogen-bond acceptors (Lipinski definition) is 3. The summed E-state index contributed by atoms with van der Waals surface area (Å²) in [4.78, 5) is 16.0. The third-order valence-electron chi connectivity index (χ3n) is 3.61. The van der Waals surface area contributed by atoms with E-state index in [0.29, 0.717) is 11.7 Å². The molecule has 1 aliphatic rings. The Morgan fingerprint density at radius 3 is 3.11 bits per heavy atom. The molecule has 4 nitrogen and oxygen atoms in total.